The molecule has 1 aromatic heterocycles. The molecule has 1 aliphatic heterocycles. The minimum atomic E-state index is -0.148. The van der Waals surface area contributed by atoms with E-state index >= 15 is 0 Å². The van der Waals surface area contributed by atoms with Crippen molar-refractivity contribution in [2.45, 2.75) is 6.42 Å². The Kier molecular flexibility index (Phi) is 1.93. The summed E-state index contributed by atoms with van der Waals surface area (Å²) in [5.74, 6) is 0.117. The molecule has 0 radical (unpaired) electrons. The average molecular weight is 279 g/mol. The van der Waals surface area contributed by atoms with Gasteiger partial charge in [0.05, 0.1) is 29.2 Å². The number of anilines is 1. The number of nitrogens with zero attached hydrogens (tertiary/aromatic N) is 2. The van der Waals surface area contributed by atoms with Gasteiger partial charge in [0.25, 0.3) is 0 Å². The van der Waals surface area contributed by atoms with Gasteiger partial charge in [-0.05, 0) is 36.5 Å². The highest BCUT2D eigenvalue weighted by Gasteiger charge is 2.59. The number of aromatic amines is 1. The van der Waals surface area contributed by atoms with Crippen molar-refractivity contribution in [1.29, 1.82) is 0 Å². The zero-order valence-electron chi connectivity index (χ0n) is 11.2. The van der Waals surface area contributed by atoms with Crippen LogP contribution in [0.1, 0.15) is 6.42 Å². The molecular formula is C16H13N3O2. The van der Waals surface area contributed by atoms with Crippen LogP contribution in [-0.4, -0.2) is 22.0 Å². The van der Waals surface area contributed by atoms with E-state index in [1.807, 2.05) is 18.2 Å². The second kappa shape index (κ2) is 3.61. The predicted molar refractivity (Wildman–Crippen MR) is 76.3 cm³/mol. The second-order valence-corrected chi connectivity index (χ2v) is 6.15. The number of benzene rings is 1. The van der Waals surface area contributed by atoms with Crippen molar-refractivity contribution in [2.24, 2.45) is 23.7 Å². The van der Waals surface area contributed by atoms with Crippen LogP contribution in [0.15, 0.2) is 36.5 Å². The summed E-state index contributed by atoms with van der Waals surface area (Å²) < 4.78 is 0. The topological polar surface area (TPSA) is 66.1 Å². The number of allylic oxidation sites excluding steroid dienone is 2. The van der Waals surface area contributed by atoms with E-state index in [4.69, 9.17) is 0 Å². The molecule has 5 rings (SSSR count). The van der Waals surface area contributed by atoms with Crippen LogP contribution in [0, 0.1) is 23.7 Å². The van der Waals surface area contributed by atoms with Crippen LogP contribution < -0.4 is 4.90 Å². The third kappa shape index (κ3) is 1.29. The number of hydrogen-bond donors (Lipinski definition) is 1. The van der Waals surface area contributed by atoms with Gasteiger partial charge < -0.3 is 0 Å². The number of imide groups is 1. The van der Waals surface area contributed by atoms with Crippen LogP contribution in [0.2, 0.25) is 0 Å². The number of fused-ring (bicyclic) bond motifs is 6. The maximum atomic E-state index is 12.7. The van der Waals surface area contributed by atoms with E-state index in [1.165, 1.54) is 4.90 Å². The molecule has 1 saturated carbocycles. The van der Waals surface area contributed by atoms with Crippen LogP contribution in [0.4, 0.5) is 5.69 Å². The van der Waals surface area contributed by atoms with E-state index in [0.717, 1.165) is 17.3 Å². The van der Waals surface area contributed by atoms with Gasteiger partial charge in [0.2, 0.25) is 11.8 Å². The van der Waals surface area contributed by atoms with Gasteiger partial charge in [0.15, 0.2) is 0 Å². The molecule has 104 valence electrons. The van der Waals surface area contributed by atoms with Gasteiger partial charge in [-0.3, -0.25) is 14.7 Å². The third-order valence-corrected chi connectivity index (χ3v) is 5.15. The number of carbonyl (C=O) groups is 2. The fourth-order valence-corrected chi connectivity index (χ4v) is 4.22. The van der Waals surface area contributed by atoms with Gasteiger partial charge in [0.1, 0.15) is 0 Å². The van der Waals surface area contributed by atoms with Crippen molar-refractivity contribution in [3.63, 3.8) is 0 Å². The number of H-pyrrole nitrogens is 1. The molecule has 1 N–H and O–H groups in total. The Hall–Kier alpha value is -2.43. The number of rotatable bonds is 1. The summed E-state index contributed by atoms with van der Waals surface area (Å²) in [5.41, 5.74) is 1.49. The molecule has 5 nitrogen and oxygen atoms in total. The van der Waals surface area contributed by atoms with Crippen LogP contribution in [-0.2, 0) is 9.59 Å². The first kappa shape index (κ1) is 11.3. The second-order valence-electron chi connectivity index (χ2n) is 6.15. The minimum absolute atomic E-state index is 0.0410. The molecule has 4 atom stereocenters. The largest absolute Gasteiger partial charge is 0.278 e. The lowest BCUT2D eigenvalue weighted by molar-refractivity contribution is -0.123. The van der Waals surface area contributed by atoms with Crippen LogP contribution in [0.25, 0.3) is 10.9 Å². The van der Waals surface area contributed by atoms with Gasteiger partial charge in [-0.15, -0.1) is 0 Å². The Balaban J connectivity index is 1.61. The quantitative estimate of drug-likeness (QED) is 0.640. The number of carbonyl (C=O) groups excluding carboxylic acids is 2. The predicted octanol–water partition coefficient (Wildman–Crippen LogP) is 1.87. The van der Waals surface area contributed by atoms with Crippen molar-refractivity contribution in [2.75, 3.05) is 4.90 Å². The molecule has 21 heavy (non-hydrogen) atoms. The summed E-state index contributed by atoms with van der Waals surface area (Å²) in [7, 11) is 0. The highest BCUT2D eigenvalue weighted by Crippen LogP contribution is 2.53. The van der Waals surface area contributed by atoms with E-state index in [9.17, 15) is 9.59 Å². The normalized spacial score (nSPS) is 33.4. The smallest absolute Gasteiger partial charge is 0.238 e. The first-order valence-electron chi connectivity index (χ1n) is 7.23. The fourth-order valence-electron chi connectivity index (χ4n) is 4.22. The van der Waals surface area contributed by atoms with Crippen molar-refractivity contribution >= 4 is 28.4 Å². The molecule has 2 aromatic rings. The van der Waals surface area contributed by atoms with Gasteiger partial charge >= 0.3 is 0 Å². The Morgan fingerprint density at radius 3 is 2.52 bits per heavy atom. The van der Waals surface area contributed by atoms with Crippen molar-refractivity contribution < 1.29 is 9.59 Å². The first-order chi connectivity index (χ1) is 10.2. The van der Waals surface area contributed by atoms with E-state index in [-0.39, 0.29) is 35.5 Å². The number of nitrogens with one attached hydrogen (secondary N) is 1. The zero-order valence-corrected chi connectivity index (χ0v) is 11.2. The third-order valence-electron chi connectivity index (χ3n) is 5.15. The highest BCUT2D eigenvalue weighted by atomic mass is 16.2. The molecule has 0 spiro atoms. The van der Waals surface area contributed by atoms with E-state index in [2.05, 4.69) is 22.3 Å². The lowest BCUT2D eigenvalue weighted by atomic mass is 9.85. The summed E-state index contributed by atoms with van der Waals surface area (Å²) in [6, 6.07) is 5.54. The van der Waals surface area contributed by atoms with Gasteiger partial charge in [0, 0.05) is 5.39 Å². The fraction of sp³-hybridized carbons (Fsp3) is 0.312. The molecule has 2 aliphatic carbocycles. The maximum Gasteiger partial charge on any atom is 0.238 e. The molecule has 1 saturated heterocycles. The Labute approximate surface area is 120 Å². The zero-order chi connectivity index (χ0) is 14.1. The molecule has 2 amide bonds. The first-order valence-corrected chi connectivity index (χ1v) is 7.23. The summed E-state index contributed by atoms with van der Waals surface area (Å²) in [4.78, 5) is 26.8. The van der Waals surface area contributed by atoms with Gasteiger partial charge in [-0.1, -0.05) is 12.2 Å². The summed E-state index contributed by atoms with van der Waals surface area (Å²) in [6.07, 6.45) is 6.91. The van der Waals surface area contributed by atoms with Crippen molar-refractivity contribution in [3.8, 4) is 0 Å². The number of amides is 2. The lowest BCUT2D eigenvalue weighted by Gasteiger charge is -2.17. The number of aromatic nitrogens is 2. The Morgan fingerprint density at radius 2 is 1.81 bits per heavy atom. The van der Waals surface area contributed by atoms with Gasteiger partial charge in [-0.25, -0.2) is 4.90 Å². The summed E-state index contributed by atoms with van der Waals surface area (Å²) in [5, 5.41) is 7.83. The maximum absolute atomic E-state index is 12.7. The molecule has 2 bridgehead atoms. The number of hydrogen-bond acceptors (Lipinski definition) is 3. The van der Waals surface area contributed by atoms with E-state index in [1.54, 1.807) is 6.20 Å². The van der Waals surface area contributed by atoms with Crippen molar-refractivity contribution in [1.82, 2.24) is 10.2 Å². The van der Waals surface area contributed by atoms with Crippen molar-refractivity contribution in [3.05, 3.63) is 36.5 Å². The SMILES string of the molecule is O=C1[C@@H]2[C@H](C(=O)N1c1ccc3cn[nH]c3c1)[C@@H]1C=C[C@H]2C1. The molecular weight excluding hydrogens is 266 g/mol. The van der Waals surface area contributed by atoms with Crippen LogP contribution in [0.3, 0.4) is 0 Å². The van der Waals surface area contributed by atoms with Gasteiger partial charge in [-0.2, -0.15) is 5.10 Å². The average Bonchev–Trinajstić information content (AvgIpc) is 3.22. The minimum Gasteiger partial charge on any atom is -0.278 e. The highest BCUT2D eigenvalue weighted by molar-refractivity contribution is 6.23. The molecule has 2 heterocycles. The molecule has 0 unspecified atom stereocenters. The van der Waals surface area contributed by atoms with E-state index < -0.39 is 0 Å². The summed E-state index contributed by atoms with van der Waals surface area (Å²) in [6.45, 7) is 0. The van der Waals surface area contributed by atoms with Crippen LogP contribution >= 0.6 is 0 Å². The monoisotopic (exact) mass is 279 g/mol. The molecule has 1 aromatic carbocycles. The Morgan fingerprint density at radius 1 is 1.10 bits per heavy atom. The summed E-state index contributed by atoms with van der Waals surface area (Å²) >= 11 is 0. The molecule has 5 heteroatoms. The molecule has 3 aliphatic rings. The standard InChI is InChI=1S/C16H13N3O2/c20-15-13-8-1-2-9(5-8)14(13)16(21)19(15)11-4-3-10-7-17-18-12(10)6-11/h1-4,6-9,13-14H,5H2,(H,17,18)/t8-,9+,13-,14+. The molecule has 2 fully saturated rings. The van der Waals surface area contributed by atoms with Crippen LogP contribution in [0.5, 0.6) is 0 Å². The lowest BCUT2D eigenvalue weighted by Crippen LogP contribution is -2.32. The Bertz CT molecular complexity index is 792. The van der Waals surface area contributed by atoms with E-state index in [0.29, 0.717) is 5.69 Å².